The van der Waals surface area contributed by atoms with Crippen LogP contribution in [0.15, 0.2) is 12.7 Å². The average molecular weight is 354 g/mol. The third-order valence-corrected chi connectivity index (χ3v) is 5.32. The normalized spacial score (nSPS) is 21.4. The molecule has 1 rings (SSSR count). The van der Waals surface area contributed by atoms with Gasteiger partial charge in [0, 0.05) is 5.54 Å². The van der Waals surface area contributed by atoms with Crippen LogP contribution in [-0.2, 0) is 9.53 Å². The van der Waals surface area contributed by atoms with Gasteiger partial charge in [-0.3, -0.25) is 4.79 Å². The van der Waals surface area contributed by atoms with Gasteiger partial charge in [-0.15, -0.1) is 6.58 Å². The molecule has 0 amide bonds. The second-order valence-corrected chi connectivity index (χ2v) is 9.21. The van der Waals surface area contributed by atoms with E-state index in [1.165, 1.54) is 6.42 Å². The maximum Gasteiger partial charge on any atom is 0.312 e. The molecule has 4 heteroatoms. The number of esters is 1. The largest absolute Gasteiger partial charge is 0.460 e. The lowest BCUT2D eigenvalue weighted by Crippen LogP contribution is -2.48. The predicted octanol–water partition coefficient (Wildman–Crippen LogP) is 4.21. The fraction of sp³-hybridized carbons (Fsp3) is 0.857. The maximum absolute atomic E-state index is 12.8. The van der Waals surface area contributed by atoms with E-state index in [1.807, 2.05) is 26.8 Å². The Morgan fingerprint density at radius 1 is 1.28 bits per heavy atom. The number of aliphatic hydroxyl groups excluding tert-OH is 1. The van der Waals surface area contributed by atoms with Gasteiger partial charge < -0.3 is 15.6 Å². The monoisotopic (exact) mass is 353 g/mol. The Balaban J connectivity index is 2.92. The molecule has 3 atom stereocenters. The van der Waals surface area contributed by atoms with Gasteiger partial charge in [0.25, 0.3) is 0 Å². The minimum absolute atomic E-state index is 0.167. The first-order chi connectivity index (χ1) is 11.5. The quantitative estimate of drug-likeness (QED) is 0.506. The molecule has 3 N–H and O–H groups in total. The number of hydrogen-bond donors (Lipinski definition) is 2. The molecule has 0 spiro atoms. The summed E-state index contributed by atoms with van der Waals surface area (Å²) in [5, 5.41) is 10.9. The van der Waals surface area contributed by atoms with Gasteiger partial charge in [0.2, 0.25) is 0 Å². The lowest BCUT2D eigenvalue weighted by Gasteiger charge is -2.38. The second kappa shape index (κ2) is 9.18. The first-order valence-corrected chi connectivity index (χ1v) is 9.80. The number of carbonyl (C=O) groups excluding carboxylic acids is 1. The van der Waals surface area contributed by atoms with Crippen LogP contribution in [0.4, 0.5) is 0 Å². The summed E-state index contributed by atoms with van der Waals surface area (Å²) in [5.41, 5.74) is 5.64. The molecule has 0 heterocycles. The predicted molar refractivity (Wildman–Crippen MR) is 103 cm³/mol. The molecule has 1 aliphatic carbocycles. The fourth-order valence-electron chi connectivity index (χ4n) is 3.74. The summed E-state index contributed by atoms with van der Waals surface area (Å²) in [6, 6.07) is 0. The Labute approximate surface area is 154 Å². The molecule has 1 aliphatic rings. The zero-order chi connectivity index (χ0) is 19.3. The van der Waals surface area contributed by atoms with Crippen LogP contribution in [0.1, 0.15) is 79.6 Å². The molecule has 25 heavy (non-hydrogen) atoms. The number of hydrogen-bond acceptors (Lipinski definition) is 4. The smallest absolute Gasteiger partial charge is 0.312 e. The van der Waals surface area contributed by atoms with E-state index in [9.17, 15) is 9.90 Å². The van der Waals surface area contributed by atoms with Crippen molar-refractivity contribution in [1.82, 2.24) is 0 Å². The van der Waals surface area contributed by atoms with Gasteiger partial charge >= 0.3 is 5.97 Å². The fourth-order valence-corrected chi connectivity index (χ4v) is 3.74. The van der Waals surface area contributed by atoms with Crippen molar-refractivity contribution in [2.45, 2.75) is 96.8 Å². The van der Waals surface area contributed by atoms with Crippen molar-refractivity contribution in [1.29, 1.82) is 0 Å². The molecule has 0 saturated heterocycles. The summed E-state index contributed by atoms with van der Waals surface area (Å²) < 4.78 is 5.60. The molecule has 0 aromatic carbocycles. The van der Waals surface area contributed by atoms with Crippen LogP contribution in [-0.4, -0.2) is 28.3 Å². The van der Waals surface area contributed by atoms with Crippen LogP contribution < -0.4 is 5.73 Å². The number of carbonyl (C=O) groups is 1. The molecule has 0 aromatic heterocycles. The Bertz CT molecular complexity index is 433. The Morgan fingerprint density at radius 3 is 2.28 bits per heavy atom. The lowest BCUT2D eigenvalue weighted by molar-refractivity contribution is -0.165. The van der Waals surface area contributed by atoms with E-state index in [0.717, 1.165) is 25.7 Å². The van der Waals surface area contributed by atoms with Crippen molar-refractivity contribution in [3.8, 4) is 0 Å². The highest BCUT2D eigenvalue weighted by Crippen LogP contribution is 2.35. The van der Waals surface area contributed by atoms with Crippen molar-refractivity contribution in [3.05, 3.63) is 12.7 Å². The van der Waals surface area contributed by atoms with E-state index < -0.39 is 17.6 Å². The molecule has 146 valence electrons. The zero-order valence-electron chi connectivity index (χ0n) is 16.9. The van der Waals surface area contributed by atoms with E-state index in [2.05, 4.69) is 20.4 Å². The third kappa shape index (κ3) is 7.49. The standard InChI is InChI=1S/C21H39NO3/c1-7-16(15(2)3)13-18(23)17(19(24)25-20(4,5)6)14-21(22)11-9-8-10-12-21/h7,15-18,23H,1,8-14,22H2,2-6H3/t16-,17-,18-/m0/s1. The van der Waals surface area contributed by atoms with Crippen LogP contribution in [0.3, 0.4) is 0 Å². The SMILES string of the molecule is C=C[C@@H](C[C@H](O)[C@H](CC1(N)CCCCC1)C(=O)OC(C)(C)C)C(C)C. The summed E-state index contributed by atoms with van der Waals surface area (Å²) in [6.07, 6.45) is 7.32. The molecule has 0 aliphatic heterocycles. The second-order valence-electron chi connectivity index (χ2n) is 9.21. The highest BCUT2D eigenvalue weighted by atomic mass is 16.6. The Hall–Kier alpha value is -0.870. The Morgan fingerprint density at radius 2 is 1.84 bits per heavy atom. The number of ether oxygens (including phenoxy) is 1. The first-order valence-electron chi connectivity index (χ1n) is 9.80. The van der Waals surface area contributed by atoms with Crippen molar-refractivity contribution in [2.24, 2.45) is 23.5 Å². The maximum atomic E-state index is 12.8. The molecule has 1 saturated carbocycles. The van der Waals surface area contributed by atoms with E-state index in [4.69, 9.17) is 10.5 Å². The molecule has 0 unspecified atom stereocenters. The van der Waals surface area contributed by atoms with E-state index in [-0.39, 0.29) is 17.4 Å². The minimum Gasteiger partial charge on any atom is -0.460 e. The van der Waals surface area contributed by atoms with Crippen molar-refractivity contribution < 1.29 is 14.6 Å². The van der Waals surface area contributed by atoms with Crippen molar-refractivity contribution in [2.75, 3.05) is 0 Å². The van der Waals surface area contributed by atoms with Crippen molar-refractivity contribution >= 4 is 5.97 Å². The first kappa shape index (κ1) is 22.2. The number of rotatable bonds is 8. The molecular formula is C21H39NO3. The van der Waals surface area contributed by atoms with Crippen LogP contribution in [0.25, 0.3) is 0 Å². The molecule has 4 nitrogen and oxygen atoms in total. The third-order valence-electron chi connectivity index (χ3n) is 5.32. The number of allylic oxidation sites excluding steroid dienone is 1. The van der Waals surface area contributed by atoms with E-state index >= 15 is 0 Å². The highest BCUT2D eigenvalue weighted by Gasteiger charge is 2.39. The highest BCUT2D eigenvalue weighted by molar-refractivity contribution is 5.73. The molecule has 0 aromatic rings. The molecular weight excluding hydrogens is 314 g/mol. The summed E-state index contributed by atoms with van der Waals surface area (Å²) >= 11 is 0. The summed E-state index contributed by atoms with van der Waals surface area (Å²) in [7, 11) is 0. The lowest BCUT2D eigenvalue weighted by atomic mass is 9.74. The summed E-state index contributed by atoms with van der Waals surface area (Å²) in [5.74, 6) is -0.376. The van der Waals surface area contributed by atoms with Crippen LogP contribution in [0.5, 0.6) is 0 Å². The topological polar surface area (TPSA) is 72.5 Å². The van der Waals surface area contributed by atoms with Gasteiger partial charge in [0.1, 0.15) is 5.60 Å². The van der Waals surface area contributed by atoms with Gasteiger partial charge in [-0.05, 0) is 58.3 Å². The molecule has 0 radical (unpaired) electrons. The number of nitrogens with two attached hydrogens (primary N) is 1. The minimum atomic E-state index is -0.761. The average Bonchev–Trinajstić information content (AvgIpc) is 2.48. The number of aliphatic hydroxyl groups is 1. The summed E-state index contributed by atoms with van der Waals surface area (Å²) in [6.45, 7) is 13.6. The van der Waals surface area contributed by atoms with E-state index in [0.29, 0.717) is 18.8 Å². The Kier molecular flexibility index (Phi) is 8.14. The van der Waals surface area contributed by atoms with Gasteiger partial charge in [0.15, 0.2) is 0 Å². The van der Waals surface area contributed by atoms with Crippen LogP contribution in [0.2, 0.25) is 0 Å². The van der Waals surface area contributed by atoms with Crippen LogP contribution >= 0.6 is 0 Å². The van der Waals surface area contributed by atoms with Gasteiger partial charge in [-0.1, -0.05) is 39.2 Å². The van der Waals surface area contributed by atoms with Crippen molar-refractivity contribution in [3.63, 3.8) is 0 Å². The van der Waals surface area contributed by atoms with Gasteiger partial charge in [-0.2, -0.15) is 0 Å². The van der Waals surface area contributed by atoms with Gasteiger partial charge in [-0.25, -0.2) is 0 Å². The summed E-state index contributed by atoms with van der Waals surface area (Å²) in [4.78, 5) is 12.8. The molecule has 1 fully saturated rings. The zero-order valence-corrected chi connectivity index (χ0v) is 16.9. The van der Waals surface area contributed by atoms with Gasteiger partial charge in [0.05, 0.1) is 12.0 Å². The van der Waals surface area contributed by atoms with E-state index in [1.54, 1.807) is 0 Å². The molecule has 0 bridgehead atoms. The van der Waals surface area contributed by atoms with Crippen LogP contribution in [0, 0.1) is 17.8 Å².